The number of rotatable bonds is 6. The summed E-state index contributed by atoms with van der Waals surface area (Å²) < 4.78 is 5.92. The third kappa shape index (κ3) is 4.03. The molecule has 0 spiro atoms. The van der Waals surface area contributed by atoms with Gasteiger partial charge in [-0.15, -0.1) is 0 Å². The van der Waals surface area contributed by atoms with E-state index in [1.807, 2.05) is 17.0 Å². The zero-order valence-corrected chi connectivity index (χ0v) is 11.8. The van der Waals surface area contributed by atoms with Gasteiger partial charge >= 0.3 is 0 Å². The quantitative estimate of drug-likeness (QED) is 0.810. The Hall–Kier alpha value is -1.56. The molecule has 0 fully saturated rings. The minimum Gasteiger partial charge on any atom is -0.383 e. The fourth-order valence-electron chi connectivity index (χ4n) is 1.61. The third-order valence-corrected chi connectivity index (χ3v) is 2.97. The van der Waals surface area contributed by atoms with E-state index in [9.17, 15) is 0 Å². The second-order valence-corrected chi connectivity index (χ2v) is 4.58. The maximum Gasteiger partial charge on any atom is 0.101 e. The highest BCUT2D eigenvalue weighted by Gasteiger charge is 2.11. The minimum absolute atomic E-state index is 0.421. The van der Waals surface area contributed by atoms with E-state index in [1.54, 1.807) is 13.2 Å². The van der Waals surface area contributed by atoms with Gasteiger partial charge in [-0.1, -0.05) is 15.9 Å². The van der Waals surface area contributed by atoms with Crippen molar-refractivity contribution < 1.29 is 4.74 Å². The van der Waals surface area contributed by atoms with E-state index in [0.717, 1.165) is 10.2 Å². The van der Waals surface area contributed by atoms with E-state index < -0.39 is 0 Å². The number of hydrogen-bond acceptors (Lipinski definition) is 4. The van der Waals surface area contributed by atoms with Crippen molar-refractivity contribution in [3.63, 3.8) is 0 Å². The molecular formula is C13H14BrN3O. The van der Waals surface area contributed by atoms with Crippen LogP contribution in [0.3, 0.4) is 0 Å². The van der Waals surface area contributed by atoms with Gasteiger partial charge in [0.15, 0.2) is 0 Å². The van der Waals surface area contributed by atoms with Crippen molar-refractivity contribution in [2.24, 2.45) is 0 Å². The third-order valence-electron chi connectivity index (χ3n) is 2.48. The monoisotopic (exact) mass is 307 g/mol. The van der Waals surface area contributed by atoms with Crippen LogP contribution in [0.15, 0.2) is 22.7 Å². The van der Waals surface area contributed by atoms with Gasteiger partial charge in [0.25, 0.3) is 0 Å². The van der Waals surface area contributed by atoms with Gasteiger partial charge in [0.05, 0.1) is 30.3 Å². The van der Waals surface area contributed by atoms with Crippen LogP contribution in [0.1, 0.15) is 12.0 Å². The standard InChI is InChI=1S/C13H14BrN3O/c1-18-8-7-17(6-2-5-15)13-4-3-12(14)9-11(13)10-16/h3-4,9H,2,6-8H2,1H3. The molecule has 4 nitrogen and oxygen atoms in total. The highest BCUT2D eigenvalue weighted by molar-refractivity contribution is 9.10. The van der Waals surface area contributed by atoms with Crippen LogP contribution in [0.4, 0.5) is 5.69 Å². The molecule has 0 unspecified atom stereocenters. The number of halogens is 1. The number of benzene rings is 1. The molecule has 0 aromatic heterocycles. The molecule has 1 aromatic carbocycles. The molecule has 94 valence electrons. The Labute approximate surface area is 116 Å². The Morgan fingerprint density at radius 2 is 2.11 bits per heavy atom. The number of methoxy groups -OCH3 is 1. The molecular weight excluding hydrogens is 294 g/mol. The van der Waals surface area contributed by atoms with Crippen LogP contribution in [-0.4, -0.2) is 26.8 Å². The van der Waals surface area contributed by atoms with E-state index in [-0.39, 0.29) is 0 Å². The topological polar surface area (TPSA) is 60.0 Å². The minimum atomic E-state index is 0.421. The molecule has 0 radical (unpaired) electrons. The first-order valence-corrected chi connectivity index (χ1v) is 6.32. The summed E-state index contributed by atoms with van der Waals surface area (Å²) in [6, 6.07) is 9.85. The summed E-state index contributed by atoms with van der Waals surface area (Å²) >= 11 is 3.34. The molecule has 1 rings (SSSR count). The number of anilines is 1. The van der Waals surface area contributed by atoms with Crippen LogP contribution in [0.5, 0.6) is 0 Å². The van der Waals surface area contributed by atoms with E-state index in [2.05, 4.69) is 28.1 Å². The van der Waals surface area contributed by atoms with Crippen molar-refractivity contribution >= 4 is 21.6 Å². The Bertz CT molecular complexity index is 476. The lowest BCUT2D eigenvalue weighted by Gasteiger charge is -2.24. The van der Waals surface area contributed by atoms with Gasteiger partial charge in [0.2, 0.25) is 0 Å². The van der Waals surface area contributed by atoms with E-state index in [4.69, 9.17) is 15.3 Å². The molecule has 0 bridgehead atoms. The summed E-state index contributed by atoms with van der Waals surface area (Å²) in [6.45, 7) is 1.82. The molecule has 0 aliphatic rings. The molecule has 18 heavy (non-hydrogen) atoms. The summed E-state index contributed by atoms with van der Waals surface area (Å²) in [5, 5.41) is 17.8. The van der Waals surface area contributed by atoms with E-state index >= 15 is 0 Å². The number of hydrogen-bond donors (Lipinski definition) is 0. The Kier molecular flexibility index (Phi) is 6.21. The molecule has 0 saturated carbocycles. The van der Waals surface area contributed by atoms with Crippen LogP contribution >= 0.6 is 15.9 Å². The summed E-state index contributed by atoms with van der Waals surface area (Å²) in [6.07, 6.45) is 0.421. The largest absolute Gasteiger partial charge is 0.383 e. The maximum atomic E-state index is 9.15. The van der Waals surface area contributed by atoms with Gasteiger partial charge in [-0.2, -0.15) is 10.5 Å². The molecule has 0 N–H and O–H groups in total. The highest BCUT2D eigenvalue weighted by atomic mass is 79.9. The van der Waals surface area contributed by atoms with Crippen LogP contribution in [0.25, 0.3) is 0 Å². The average molecular weight is 308 g/mol. The van der Waals surface area contributed by atoms with Crippen LogP contribution in [0.2, 0.25) is 0 Å². The lowest BCUT2D eigenvalue weighted by atomic mass is 10.1. The molecule has 0 amide bonds. The molecule has 1 aromatic rings. The van der Waals surface area contributed by atoms with Crippen molar-refractivity contribution in [3.05, 3.63) is 28.2 Å². The normalized spacial score (nSPS) is 9.56. The number of nitriles is 2. The van der Waals surface area contributed by atoms with E-state index in [0.29, 0.717) is 31.7 Å². The maximum absolute atomic E-state index is 9.15. The molecule has 0 heterocycles. The Balaban J connectivity index is 2.97. The second kappa shape index (κ2) is 7.71. The SMILES string of the molecule is COCCN(CCC#N)c1ccc(Br)cc1C#N. The van der Waals surface area contributed by atoms with Gasteiger partial charge in [-0.05, 0) is 18.2 Å². The van der Waals surface area contributed by atoms with Crippen molar-refractivity contribution in [3.8, 4) is 12.1 Å². The number of ether oxygens (including phenoxy) is 1. The number of nitrogens with zero attached hydrogens (tertiary/aromatic N) is 3. The van der Waals surface area contributed by atoms with Gasteiger partial charge in [0.1, 0.15) is 6.07 Å². The van der Waals surface area contributed by atoms with Gasteiger partial charge < -0.3 is 9.64 Å². The predicted octanol–water partition coefficient (Wildman–Crippen LogP) is 2.69. The van der Waals surface area contributed by atoms with Crippen LogP contribution in [-0.2, 0) is 4.74 Å². The molecule has 0 atom stereocenters. The zero-order valence-electron chi connectivity index (χ0n) is 10.2. The first-order chi connectivity index (χ1) is 8.72. The van der Waals surface area contributed by atoms with Crippen molar-refractivity contribution in [2.75, 3.05) is 31.7 Å². The highest BCUT2D eigenvalue weighted by Crippen LogP contribution is 2.24. The predicted molar refractivity (Wildman–Crippen MR) is 73.2 cm³/mol. The Morgan fingerprint density at radius 3 is 2.72 bits per heavy atom. The first kappa shape index (κ1) is 14.5. The average Bonchev–Trinajstić information content (AvgIpc) is 2.39. The molecule has 0 saturated heterocycles. The molecule has 5 heteroatoms. The lowest BCUT2D eigenvalue weighted by molar-refractivity contribution is 0.205. The van der Waals surface area contributed by atoms with Crippen molar-refractivity contribution in [1.82, 2.24) is 0 Å². The van der Waals surface area contributed by atoms with E-state index in [1.165, 1.54) is 0 Å². The zero-order chi connectivity index (χ0) is 13.4. The van der Waals surface area contributed by atoms with Gasteiger partial charge in [-0.3, -0.25) is 0 Å². The summed E-state index contributed by atoms with van der Waals surface area (Å²) in [5.74, 6) is 0. The van der Waals surface area contributed by atoms with Gasteiger partial charge in [-0.25, -0.2) is 0 Å². The summed E-state index contributed by atoms with van der Waals surface area (Å²) in [4.78, 5) is 2.00. The fraction of sp³-hybridized carbons (Fsp3) is 0.385. The van der Waals surface area contributed by atoms with Crippen LogP contribution < -0.4 is 4.90 Å². The second-order valence-electron chi connectivity index (χ2n) is 3.66. The van der Waals surface area contributed by atoms with Gasteiger partial charge in [0, 0.05) is 24.7 Å². The van der Waals surface area contributed by atoms with Crippen molar-refractivity contribution in [1.29, 1.82) is 10.5 Å². The Morgan fingerprint density at radius 1 is 1.33 bits per heavy atom. The van der Waals surface area contributed by atoms with Crippen molar-refractivity contribution in [2.45, 2.75) is 6.42 Å². The smallest absolute Gasteiger partial charge is 0.101 e. The van der Waals surface area contributed by atoms with Crippen LogP contribution in [0, 0.1) is 22.7 Å². The molecule has 0 aliphatic carbocycles. The summed E-state index contributed by atoms with van der Waals surface area (Å²) in [5.41, 5.74) is 1.44. The fourth-order valence-corrected chi connectivity index (χ4v) is 1.97. The molecule has 0 aliphatic heterocycles. The first-order valence-electron chi connectivity index (χ1n) is 5.53. The summed E-state index contributed by atoms with van der Waals surface area (Å²) in [7, 11) is 1.63. The lowest BCUT2D eigenvalue weighted by Crippen LogP contribution is -2.28.